The molecule has 0 radical (unpaired) electrons. The molecule has 2 rings (SSSR count). The molecule has 1 N–H and O–H groups in total. The summed E-state index contributed by atoms with van der Waals surface area (Å²) >= 11 is 3.34. The second-order valence-electron chi connectivity index (χ2n) is 4.58. The van der Waals surface area contributed by atoms with Gasteiger partial charge in [0, 0.05) is 22.6 Å². The van der Waals surface area contributed by atoms with Crippen LogP contribution < -0.4 is 5.32 Å². The Hall–Kier alpha value is -1.70. The van der Waals surface area contributed by atoms with Gasteiger partial charge in [-0.1, -0.05) is 28.1 Å². The third kappa shape index (κ3) is 3.66. The van der Waals surface area contributed by atoms with Gasteiger partial charge in [0.25, 0.3) is 0 Å². The third-order valence-corrected chi connectivity index (χ3v) is 3.62. The molecule has 2 nitrogen and oxygen atoms in total. The Labute approximate surface area is 126 Å². The van der Waals surface area contributed by atoms with E-state index in [2.05, 4.69) is 27.3 Å². The molecule has 0 spiro atoms. The van der Waals surface area contributed by atoms with Crippen LogP contribution in [-0.4, -0.2) is 0 Å². The van der Waals surface area contributed by atoms with Gasteiger partial charge in [-0.25, -0.2) is 4.39 Å². The zero-order valence-electron chi connectivity index (χ0n) is 11.0. The van der Waals surface area contributed by atoms with Crippen LogP contribution in [0.25, 0.3) is 0 Å². The second kappa shape index (κ2) is 6.65. The molecule has 2 aromatic rings. The molecule has 1 unspecified atom stereocenters. The highest BCUT2D eigenvalue weighted by Crippen LogP contribution is 2.18. The molecule has 0 bridgehead atoms. The quantitative estimate of drug-likeness (QED) is 0.905. The van der Waals surface area contributed by atoms with Crippen LogP contribution in [-0.2, 0) is 6.54 Å². The Bertz CT molecular complexity index is 649. The smallest absolute Gasteiger partial charge is 0.127 e. The molecule has 4 heteroatoms. The molecule has 0 amide bonds. The van der Waals surface area contributed by atoms with Crippen LogP contribution in [0.1, 0.15) is 29.7 Å². The summed E-state index contributed by atoms with van der Waals surface area (Å²) in [5.41, 5.74) is 2.26. The fourth-order valence-electron chi connectivity index (χ4n) is 1.94. The average Bonchev–Trinajstić information content (AvgIpc) is 2.48. The van der Waals surface area contributed by atoms with Crippen molar-refractivity contribution in [2.24, 2.45) is 0 Å². The van der Waals surface area contributed by atoms with Crippen molar-refractivity contribution < 1.29 is 4.39 Å². The first-order chi connectivity index (χ1) is 9.60. The Morgan fingerprint density at radius 2 is 2.10 bits per heavy atom. The van der Waals surface area contributed by atoms with E-state index in [0.29, 0.717) is 17.7 Å². The molecule has 0 fully saturated rings. The molecule has 0 aromatic heterocycles. The minimum atomic E-state index is -0.223. The Balaban J connectivity index is 2.06. The van der Waals surface area contributed by atoms with Crippen LogP contribution in [0.4, 0.5) is 4.39 Å². The van der Waals surface area contributed by atoms with E-state index in [9.17, 15) is 4.39 Å². The van der Waals surface area contributed by atoms with Gasteiger partial charge in [-0.15, -0.1) is 0 Å². The first-order valence-corrected chi connectivity index (χ1v) is 7.07. The largest absolute Gasteiger partial charge is 0.306 e. The molecule has 102 valence electrons. The van der Waals surface area contributed by atoms with Crippen LogP contribution in [0.2, 0.25) is 0 Å². The van der Waals surface area contributed by atoms with E-state index in [-0.39, 0.29) is 11.9 Å². The van der Waals surface area contributed by atoms with Crippen LogP contribution >= 0.6 is 15.9 Å². The van der Waals surface area contributed by atoms with E-state index >= 15 is 0 Å². The summed E-state index contributed by atoms with van der Waals surface area (Å²) in [7, 11) is 0. The number of halogens is 2. The highest BCUT2D eigenvalue weighted by molar-refractivity contribution is 9.10. The van der Waals surface area contributed by atoms with Crippen LogP contribution in [0, 0.1) is 17.1 Å². The van der Waals surface area contributed by atoms with Gasteiger partial charge < -0.3 is 5.32 Å². The van der Waals surface area contributed by atoms with Gasteiger partial charge in [-0.3, -0.25) is 0 Å². The van der Waals surface area contributed by atoms with E-state index in [1.54, 1.807) is 18.2 Å². The Kier molecular flexibility index (Phi) is 4.89. The molecule has 0 aliphatic carbocycles. The lowest BCUT2D eigenvalue weighted by atomic mass is 10.1. The lowest BCUT2D eigenvalue weighted by molar-refractivity contribution is 0.544. The van der Waals surface area contributed by atoms with E-state index in [0.717, 1.165) is 10.0 Å². The van der Waals surface area contributed by atoms with Gasteiger partial charge in [0.15, 0.2) is 0 Å². The summed E-state index contributed by atoms with van der Waals surface area (Å²) in [6, 6.07) is 14.5. The van der Waals surface area contributed by atoms with Crippen molar-refractivity contribution in [3.05, 3.63) is 69.4 Å². The van der Waals surface area contributed by atoms with E-state index in [1.807, 2.05) is 25.1 Å². The average molecular weight is 333 g/mol. The van der Waals surface area contributed by atoms with Crippen molar-refractivity contribution in [2.45, 2.75) is 19.5 Å². The molecule has 0 aliphatic rings. The first kappa shape index (κ1) is 14.7. The Morgan fingerprint density at radius 1 is 1.30 bits per heavy atom. The molecule has 0 saturated carbocycles. The minimum Gasteiger partial charge on any atom is -0.306 e. The summed E-state index contributed by atoms with van der Waals surface area (Å²) in [6.45, 7) is 2.43. The summed E-state index contributed by atoms with van der Waals surface area (Å²) in [6.07, 6.45) is 0. The van der Waals surface area contributed by atoms with Crippen molar-refractivity contribution in [1.29, 1.82) is 5.26 Å². The van der Waals surface area contributed by atoms with E-state index in [1.165, 1.54) is 6.07 Å². The third-order valence-electron chi connectivity index (χ3n) is 3.12. The standard InChI is InChI=1S/C16H14BrFN2/c1-11(13-4-2-3-12(7-13)9-19)20-10-14-8-15(17)5-6-16(14)18/h2-8,11,20H,10H2,1H3. The molecule has 0 saturated heterocycles. The monoisotopic (exact) mass is 332 g/mol. The molecule has 0 heterocycles. The lowest BCUT2D eigenvalue weighted by Gasteiger charge is -2.15. The molecule has 0 aliphatic heterocycles. The van der Waals surface area contributed by atoms with Gasteiger partial charge in [0.1, 0.15) is 5.82 Å². The Morgan fingerprint density at radius 3 is 2.85 bits per heavy atom. The molecule has 2 aromatic carbocycles. The van der Waals surface area contributed by atoms with Gasteiger partial charge in [-0.2, -0.15) is 5.26 Å². The summed E-state index contributed by atoms with van der Waals surface area (Å²) in [5, 5.41) is 12.2. The van der Waals surface area contributed by atoms with E-state index < -0.39 is 0 Å². The highest BCUT2D eigenvalue weighted by atomic mass is 79.9. The van der Waals surface area contributed by atoms with Gasteiger partial charge in [0.2, 0.25) is 0 Å². The number of nitriles is 1. The number of nitrogens with zero attached hydrogens (tertiary/aromatic N) is 1. The molecular weight excluding hydrogens is 319 g/mol. The number of hydrogen-bond donors (Lipinski definition) is 1. The topological polar surface area (TPSA) is 35.8 Å². The molecular formula is C16H14BrFN2. The fourth-order valence-corrected chi connectivity index (χ4v) is 2.35. The van der Waals surface area contributed by atoms with Crippen molar-refractivity contribution in [2.75, 3.05) is 0 Å². The SMILES string of the molecule is CC(NCc1cc(Br)ccc1F)c1cccc(C#N)c1. The van der Waals surface area contributed by atoms with Gasteiger partial charge >= 0.3 is 0 Å². The van der Waals surface area contributed by atoms with Crippen molar-refractivity contribution in [1.82, 2.24) is 5.32 Å². The van der Waals surface area contributed by atoms with Crippen LogP contribution in [0.5, 0.6) is 0 Å². The second-order valence-corrected chi connectivity index (χ2v) is 5.49. The van der Waals surface area contributed by atoms with Crippen molar-refractivity contribution >= 4 is 15.9 Å². The van der Waals surface area contributed by atoms with Crippen LogP contribution in [0.3, 0.4) is 0 Å². The molecule has 1 atom stereocenters. The summed E-state index contributed by atoms with van der Waals surface area (Å²) in [5.74, 6) is -0.223. The van der Waals surface area contributed by atoms with Crippen molar-refractivity contribution in [3.8, 4) is 6.07 Å². The zero-order valence-corrected chi connectivity index (χ0v) is 12.6. The normalized spacial score (nSPS) is 11.9. The van der Waals surface area contributed by atoms with Gasteiger partial charge in [0.05, 0.1) is 11.6 Å². The maximum atomic E-state index is 13.6. The maximum Gasteiger partial charge on any atom is 0.127 e. The predicted molar refractivity (Wildman–Crippen MR) is 80.5 cm³/mol. The summed E-state index contributed by atoms with van der Waals surface area (Å²) in [4.78, 5) is 0. The zero-order chi connectivity index (χ0) is 14.5. The highest BCUT2D eigenvalue weighted by Gasteiger charge is 2.08. The minimum absolute atomic E-state index is 0.0432. The van der Waals surface area contributed by atoms with Crippen molar-refractivity contribution in [3.63, 3.8) is 0 Å². The van der Waals surface area contributed by atoms with Gasteiger partial charge in [-0.05, 0) is 42.8 Å². The van der Waals surface area contributed by atoms with E-state index in [4.69, 9.17) is 5.26 Å². The maximum absolute atomic E-state index is 13.6. The number of benzene rings is 2. The predicted octanol–water partition coefficient (Wildman–Crippen LogP) is 4.31. The number of hydrogen-bond acceptors (Lipinski definition) is 2. The first-order valence-electron chi connectivity index (χ1n) is 6.27. The van der Waals surface area contributed by atoms with Crippen LogP contribution in [0.15, 0.2) is 46.9 Å². The molecule has 20 heavy (non-hydrogen) atoms. The number of rotatable bonds is 4. The lowest BCUT2D eigenvalue weighted by Crippen LogP contribution is -2.18. The fraction of sp³-hybridized carbons (Fsp3) is 0.188. The number of nitrogens with one attached hydrogen (secondary N) is 1. The summed E-state index contributed by atoms with van der Waals surface area (Å²) < 4.78 is 14.5.